The molecule has 0 saturated carbocycles. The second kappa shape index (κ2) is 21.8. The SMILES string of the molecule is CCCCCCCCCCCCCC(CCCCCCCCCCC)Cc1[c]c2ccccc2cc1. The maximum absolute atomic E-state index is 3.74. The molecular weight excluding hydrogens is 432 g/mol. The molecule has 2 aromatic rings. The zero-order chi connectivity index (χ0) is 25.5. The van der Waals surface area contributed by atoms with E-state index in [2.05, 4.69) is 56.3 Å². The first kappa shape index (κ1) is 30.9. The molecule has 0 heteroatoms. The Bertz CT molecular complexity index is 745. The molecule has 0 aliphatic carbocycles. The van der Waals surface area contributed by atoms with Crippen LogP contribution in [-0.4, -0.2) is 0 Å². The summed E-state index contributed by atoms with van der Waals surface area (Å²) >= 11 is 0. The third kappa shape index (κ3) is 15.1. The van der Waals surface area contributed by atoms with Crippen molar-refractivity contribution in [1.29, 1.82) is 0 Å². The Morgan fingerprint density at radius 2 is 0.944 bits per heavy atom. The Labute approximate surface area is 226 Å². The summed E-state index contributed by atoms with van der Waals surface area (Å²) in [6, 6.07) is 17.1. The topological polar surface area (TPSA) is 0 Å². The molecule has 0 heterocycles. The third-order valence-corrected chi connectivity index (χ3v) is 8.16. The van der Waals surface area contributed by atoms with Crippen molar-refractivity contribution in [2.45, 2.75) is 162 Å². The highest BCUT2D eigenvalue weighted by Crippen LogP contribution is 2.25. The number of hydrogen-bond donors (Lipinski definition) is 0. The molecule has 203 valence electrons. The summed E-state index contributed by atoms with van der Waals surface area (Å²) in [6.07, 6.45) is 32.8. The van der Waals surface area contributed by atoms with Crippen LogP contribution < -0.4 is 0 Å². The molecule has 1 atom stereocenters. The third-order valence-electron chi connectivity index (χ3n) is 8.16. The Morgan fingerprint density at radius 3 is 1.44 bits per heavy atom. The lowest BCUT2D eigenvalue weighted by molar-refractivity contribution is 0.399. The van der Waals surface area contributed by atoms with Crippen molar-refractivity contribution in [3.05, 3.63) is 48.0 Å². The first-order valence-electron chi connectivity index (χ1n) is 16.2. The van der Waals surface area contributed by atoms with E-state index in [4.69, 9.17) is 0 Å². The Morgan fingerprint density at radius 1 is 0.500 bits per heavy atom. The van der Waals surface area contributed by atoms with Gasteiger partial charge in [-0.1, -0.05) is 192 Å². The highest BCUT2D eigenvalue weighted by Gasteiger charge is 2.11. The molecule has 0 spiro atoms. The van der Waals surface area contributed by atoms with Crippen LogP contribution in [-0.2, 0) is 6.42 Å². The van der Waals surface area contributed by atoms with Gasteiger partial charge in [-0.2, -0.15) is 0 Å². The second-order valence-corrected chi connectivity index (χ2v) is 11.6. The van der Waals surface area contributed by atoms with Crippen LogP contribution in [0.1, 0.15) is 161 Å². The summed E-state index contributed by atoms with van der Waals surface area (Å²) in [7, 11) is 0. The molecular formula is C36H59. The predicted octanol–water partition coefficient (Wildman–Crippen LogP) is 12.4. The highest BCUT2D eigenvalue weighted by molar-refractivity contribution is 5.82. The molecule has 0 aliphatic rings. The highest BCUT2D eigenvalue weighted by atomic mass is 14.2. The molecule has 0 bridgehead atoms. The van der Waals surface area contributed by atoms with Gasteiger partial charge in [0.2, 0.25) is 0 Å². The molecule has 2 aromatic carbocycles. The average molecular weight is 492 g/mol. The van der Waals surface area contributed by atoms with Crippen LogP contribution in [0.2, 0.25) is 0 Å². The van der Waals surface area contributed by atoms with Gasteiger partial charge >= 0.3 is 0 Å². The number of rotatable bonds is 24. The summed E-state index contributed by atoms with van der Waals surface area (Å²) in [5.74, 6) is 0.838. The minimum absolute atomic E-state index is 0.838. The molecule has 36 heavy (non-hydrogen) atoms. The van der Waals surface area contributed by atoms with Crippen molar-refractivity contribution in [3.8, 4) is 0 Å². The molecule has 2 rings (SSSR count). The monoisotopic (exact) mass is 491 g/mol. The summed E-state index contributed by atoms with van der Waals surface area (Å²) in [5, 5.41) is 2.61. The van der Waals surface area contributed by atoms with Gasteiger partial charge in [0, 0.05) is 0 Å². The maximum atomic E-state index is 3.74. The summed E-state index contributed by atoms with van der Waals surface area (Å²) < 4.78 is 0. The molecule has 0 nitrogen and oxygen atoms in total. The van der Waals surface area contributed by atoms with Crippen LogP contribution in [0.5, 0.6) is 0 Å². The van der Waals surface area contributed by atoms with E-state index in [-0.39, 0.29) is 0 Å². The zero-order valence-electron chi connectivity index (χ0n) is 24.3. The first-order valence-corrected chi connectivity index (χ1v) is 16.2. The lowest BCUT2D eigenvalue weighted by Crippen LogP contribution is -2.05. The normalized spacial score (nSPS) is 12.4. The molecule has 1 unspecified atom stereocenters. The van der Waals surface area contributed by atoms with Crippen molar-refractivity contribution in [1.82, 2.24) is 0 Å². The van der Waals surface area contributed by atoms with Gasteiger partial charge in [0.15, 0.2) is 0 Å². The molecule has 0 aliphatic heterocycles. The fourth-order valence-electron chi connectivity index (χ4n) is 5.78. The van der Waals surface area contributed by atoms with Crippen molar-refractivity contribution >= 4 is 10.8 Å². The van der Waals surface area contributed by atoms with E-state index in [1.807, 2.05) is 0 Å². The molecule has 0 aromatic heterocycles. The largest absolute Gasteiger partial charge is 0.0654 e. The standard InChI is InChI=1S/C36H59/c1-3-5-7-9-11-13-14-16-18-20-22-26-33(25-21-19-17-15-12-10-8-6-4-2)31-34-29-30-35-27-23-24-28-36(35)32-34/h23-24,27-30,33H,3-22,25-26,31H2,1-2H3. The van der Waals surface area contributed by atoms with Gasteiger partial charge in [-0.15, -0.1) is 0 Å². The van der Waals surface area contributed by atoms with Crippen LogP contribution in [0.4, 0.5) is 0 Å². The average Bonchev–Trinajstić information content (AvgIpc) is 2.90. The Balaban J connectivity index is 1.66. The molecule has 0 amide bonds. The van der Waals surface area contributed by atoms with E-state index in [0.717, 1.165) is 5.92 Å². The molecule has 0 fully saturated rings. The van der Waals surface area contributed by atoms with Gasteiger partial charge in [0.25, 0.3) is 0 Å². The van der Waals surface area contributed by atoms with E-state index in [1.54, 1.807) is 0 Å². The predicted molar refractivity (Wildman–Crippen MR) is 163 cm³/mol. The molecule has 0 saturated heterocycles. The van der Waals surface area contributed by atoms with E-state index in [0.29, 0.717) is 0 Å². The quantitative estimate of drug-likeness (QED) is 0.128. The maximum Gasteiger partial charge on any atom is -0.00642 e. The Hall–Kier alpha value is -1.30. The van der Waals surface area contributed by atoms with Crippen LogP contribution in [0.3, 0.4) is 0 Å². The van der Waals surface area contributed by atoms with Gasteiger partial charge in [0.05, 0.1) is 0 Å². The number of fused-ring (bicyclic) bond motifs is 1. The smallest absolute Gasteiger partial charge is 0.00642 e. The van der Waals surface area contributed by atoms with Gasteiger partial charge < -0.3 is 0 Å². The lowest BCUT2D eigenvalue weighted by Gasteiger charge is -2.17. The Kier molecular flexibility index (Phi) is 18.7. The summed E-state index contributed by atoms with van der Waals surface area (Å²) in [5.41, 5.74) is 1.43. The van der Waals surface area contributed by atoms with Crippen LogP contribution in [0.15, 0.2) is 36.4 Å². The van der Waals surface area contributed by atoms with Crippen LogP contribution in [0, 0.1) is 12.0 Å². The zero-order valence-corrected chi connectivity index (χ0v) is 24.3. The minimum atomic E-state index is 0.838. The number of hydrogen-bond acceptors (Lipinski definition) is 0. The fourth-order valence-corrected chi connectivity index (χ4v) is 5.78. The van der Waals surface area contributed by atoms with Gasteiger partial charge in [-0.25, -0.2) is 0 Å². The van der Waals surface area contributed by atoms with Crippen molar-refractivity contribution < 1.29 is 0 Å². The van der Waals surface area contributed by atoms with Crippen LogP contribution in [0.25, 0.3) is 10.8 Å². The lowest BCUT2D eigenvalue weighted by atomic mass is 9.88. The minimum Gasteiger partial charge on any atom is -0.0654 e. The van der Waals surface area contributed by atoms with Crippen molar-refractivity contribution in [2.75, 3.05) is 0 Å². The summed E-state index contributed by atoms with van der Waals surface area (Å²) in [4.78, 5) is 0. The molecule has 0 N–H and O–H groups in total. The van der Waals surface area contributed by atoms with E-state index in [1.165, 1.54) is 164 Å². The summed E-state index contributed by atoms with van der Waals surface area (Å²) in [6.45, 7) is 4.61. The van der Waals surface area contributed by atoms with Gasteiger partial charge in [-0.3, -0.25) is 0 Å². The molecule has 1 radical (unpaired) electrons. The van der Waals surface area contributed by atoms with E-state index in [9.17, 15) is 0 Å². The van der Waals surface area contributed by atoms with Gasteiger partial charge in [0.1, 0.15) is 0 Å². The van der Waals surface area contributed by atoms with E-state index >= 15 is 0 Å². The fraction of sp³-hybridized carbons (Fsp3) is 0.722. The van der Waals surface area contributed by atoms with Gasteiger partial charge in [-0.05, 0) is 34.7 Å². The number of unbranched alkanes of at least 4 members (excludes halogenated alkanes) is 18. The van der Waals surface area contributed by atoms with Crippen molar-refractivity contribution in [3.63, 3.8) is 0 Å². The first-order chi connectivity index (χ1) is 17.8. The van der Waals surface area contributed by atoms with Crippen molar-refractivity contribution in [2.24, 2.45) is 5.92 Å². The second-order valence-electron chi connectivity index (χ2n) is 11.6. The number of benzene rings is 2. The van der Waals surface area contributed by atoms with Crippen LogP contribution >= 0.6 is 0 Å². The van der Waals surface area contributed by atoms with E-state index < -0.39 is 0 Å².